The summed E-state index contributed by atoms with van der Waals surface area (Å²) in [6.45, 7) is 4.90. The number of carboxylic acid groups (broad SMARTS) is 1. The van der Waals surface area contributed by atoms with Gasteiger partial charge in [0.05, 0.1) is 10.9 Å². The van der Waals surface area contributed by atoms with Gasteiger partial charge < -0.3 is 9.84 Å². The van der Waals surface area contributed by atoms with E-state index in [2.05, 4.69) is 5.32 Å². The Hall–Kier alpha value is -4.09. The molecule has 1 unspecified atom stereocenters. The van der Waals surface area contributed by atoms with Crippen LogP contribution in [0.2, 0.25) is 0 Å². The van der Waals surface area contributed by atoms with Crippen molar-refractivity contribution in [3.05, 3.63) is 83.7 Å². The molecule has 3 aromatic carbocycles. The topological polar surface area (TPSA) is 130 Å². The fraction of sp³-hybridized carbons (Fsp3) is 0.250. The molecule has 0 saturated carbocycles. The largest absolute Gasteiger partial charge is 0.475 e. The number of amides is 1. The number of ether oxygens (including phenoxy) is 1. The van der Waals surface area contributed by atoms with Gasteiger partial charge in [-0.15, -0.1) is 0 Å². The lowest BCUT2D eigenvalue weighted by molar-refractivity contribution is -0.151. The Morgan fingerprint density at radius 2 is 1.54 bits per heavy atom. The van der Waals surface area contributed by atoms with Crippen LogP contribution in [0.15, 0.2) is 71.6 Å². The van der Waals surface area contributed by atoms with Crippen LogP contribution in [0, 0.1) is 5.82 Å². The zero-order valence-electron chi connectivity index (χ0n) is 21.5. The number of aliphatic carboxylic acids is 1. The number of rotatable bonds is 6. The van der Waals surface area contributed by atoms with Crippen molar-refractivity contribution in [2.24, 2.45) is 0 Å². The van der Waals surface area contributed by atoms with E-state index in [0.717, 1.165) is 4.31 Å². The summed E-state index contributed by atoms with van der Waals surface area (Å²) in [6, 6.07) is 14.8. The number of nitrogens with zero attached hydrogens (tertiary/aromatic N) is 1. The summed E-state index contributed by atoms with van der Waals surface area (Å²) >= 11 is 0. The van der Waals surface area contributed by atoms with Crippen LogP contribution >= 0.6 is 0 Å². The van der Waals surface area contributed by atoms with E-state index in [0.29, 0.717) is 27.9 Å². The zero-order valence-corrected chi connectivity index (χ0v) is 22.3. The van der Waals surface area contributed by atoms with Gasteiger partial charge in [-0.1, -0.05) is 30.3 Å². The summed E-state index contributed by atoms with van der Waals surface area (Å²) in [6.07, 6.45) is -0.887. The second-order valence-electron chi connectivity index (χ2n) is 10.1. The summed E-state index contributed by atoms with van der Waals surface area (Å²) in [5.74, 6) is -3.42. The van der Waals surface area contributed by atoms with Crippen molar-refractivity contribution in [3.63, 3.8) is 0 Å². The Morgan fingerprint density at radius 3 is 2.10 bits per heavy atom. The molecule has 9 nitrogen and oxygen atoms in total. The minimum Gasteiger partial charge on any atom is -0.475 e. The molecule has 0 bridgehead atoms. The maximum Gasteiger partial charge on any atom is 0.412 e. The fourth-order valence-corrected chi connectivity index (χ4v) is 5.84. The van der Waals surface area contributed by atoms with Gasteiger partial charge in [-0.3, -0.25) is 10.1 Å². The van der Waals surface area contributed by atoms with Crippen molar-refractivity contribution in [1.29, 1.82) is 0 Å². The lowest BCUT2D eigenvalue weighted by atomic mass is 9.93. The van der Waals surface area contributed by atoms with Gasteiger partial charge in [0.2, 0.25) is 10.0 Å². The molecular formula is C28H27FN2O7S. The molecule has 204 valence electrons. The minimum atomic E-state index is -4.29. The Bertz CT molecular complexity index is 1530. The normalized spacial score (nSPS) is 15.7. The number of benzene rings is 3. The average Bonchev–Trinajstić information content (AvgIpc) is 2.86. The van der Waals surface area contributed by atoms with E-state index >= 15 is 0 Å². The molecule has 0 spiro atoms. The molecule has 3 aromatic rings. The van der Waals surface area contributed by atoms with Crippen LogP contribution in [0.4, 0.5) is 14.9 Å². The first-order valence-corrected chi connectivity index (χ1v) is 13.5. The van der Waals surface area contributed by atoms with E-state index in [1.165, 1.54) is 24.3 Å². The number of fused-ring (bicyclic) bond motifs is 1. The van der Waals surface area contributed by atoms with Crippen molar-refractivity contribution >= 4 is 33.6 Å². The maximum absolute atomic E-state index is 13.6. The number of hydrogen-bond donors (Lipinski definition) is 2. The Kier molecular flexibility index (Phi) is 7.58. The van der Waals surface area contributed by atoms with Crippen molar-refractivity contribution in [2.75, 3.05) is 5.32 Å². The molecule has 0 aliphatic carbocycles. The fourth-order valence-electron chi connectivity index (χ4n) is 4.27. The highest BCUT2D eigenvalue weighted by Gasteiger charge is 2.42. The molecule has 0 aromatic heterocycles. The van der Waals surface area contributed by atoms with Gasteiger partial charge in [-0.05, 0) is 85.8 Å². The molecule has 1 atom stereocenters. The summed E-state index contributed by atoms with van der Waals surface area (Å²) in [5.41, 5.74) is 2.07. The molecule has 0 radical (unpaired) electrons. The molecular weight excluding hydrogens is 527 g/mol. The number of nitrogens with one attached hydrogen (secondary N) is 1. The van der Waals surface area contributed by atoms with E-state index in [9.17, 15) is 32.3 Å². The number of anilines is 1. The zero-order chi connectivity index (χ0) is 28.5. The lowest BCUT2D eigenvalue weighted by Crippen LogP contribution is -2.50. The van der Waals surface area contributed by atoms with Gasteiger partial charge >= 0.3 is 12.1 Å². The van der Waals surface area contributed by atoms with Crippen LogP contribution in [-0.2, 0) is 37.3 Å². The quantitative estimate of drug-likeness (QED) is 0.426. The molecule has 4 rings (SSSR count). The Morgan fingerprint density at radius 1 is 0.949 bits per heavy atom. The highest BCUT2D eigenvalue weighted by atomic mass is 32.2. The smallest absolute Gasteiger partial charge is 0.412 e. The number of ketones is 1. The highest BCUT2D eigenvalue weighted by molar-refractivity contribution is 7.89. The molecule has 11 heteroatoms. The number of hydrogen-bond acceptors (Lipinski definition) is 6. The number of Topliss-reactive ketones (excluding diaryl/α,β-unsaturated/α-hetero) is 1. The molecule has 39 heavy (non-hydrogen) atoms. The van der Waals surface area contributed by atoms with E-state index < -0.39 is 45.3 Å². The summed E-state index contributed by atoms with van der Waals surface area (Å²) in [4.78, 5) is 36.3. The molecule has 1 amide bonds. The predicted octanol–water partition coefficient (Wildman–Crippen LogP) is 4.61. The van der Waals surface area contributed by atoms with E-state index in [4.69, 9.17) is 4.74 Å². The molecule has 1 aliphatic heterocycles. The standard InChI is InChI=1S/C28H27FN2O7S/c1-28(2,3)38-27(35)30-22-11-6-19-16-31(24(15-20(19)14-22)25(32)26(33)34)39(36,37)23-12-7-18(8-13-23)17-4-9-21(29)10-5-17/h4-14,24H,15-16H2,1-3H3,(H,30,35)(H,33,34). The SMILES string of the molecule is CC(C)(C)OC(=O)Nc1ccc2c(c1)CC(C(=O)C(=O)O)N(S(=O)(=O)c1ccc(-c3ccc(F)cc3)cc1)C2. The van der Waals surface area contributed by atoms with Crippen LogP contribution < -0.4 is 5.32 Å². The van der Waals surface area contributed by atoms with Gasteiger partial charge in [0.1, 0.15) is 11.4 Å². The van der Waals surface area contributed by atoms with Gasteiger partial charge in [-0.25, -0.2) is 22.4 Å². The second kappa shape index (κ2) is 10.6. The second-order valence-corrected chi connectivity index (χ2v) is 12.0. The molecule has 0 fully saturated rings. The van der Waals surface area contributed by atoms with Crippen LogP contribution in [0.1, 0.15) is 31.9 Å². The van der Waals surface area contributed by atoms with Crippen molar-refractivity contribution < 1.29 is 37.0 Å². The number of carbonyl (C=O) groups is 3. The highest BCUT2D eigenvalue weighted by Crippen LogP contribution is 2.32. The van der Waals surface area contributed by atoms with Gasteiger partial charge in [0, 0.05) is 12.2 Å². The van der Waals surface area contributed by atoms with Crippen LogP contribution in [0.5, 0.6) is 0 Å². The monoisotopic (exact) mass is 554 g/mol. The van der Waals surface area contributed by atoms with E-state index in [1.807, 2.05) is 0 Å². The summed E-state index contributed by atoms with van der Waals surface area (Å²) in [7, 11) is -4.29. The first kappa shape index (κ1) is 27.9. The predicted molar refractivity (Wildman–Crippen MR) is 141 cm³/mol. The minimum absolute atomic E-state index is 0.122. The molecule has 1 heterocycles. The maximum atomic E-state index is 13.6. The molecule has 1 aliphatic rings. The third-order valence-electron chi connectivity index (χ3n) is 6.09. The van der Waals surface area contributed by atoms with Gasteiger partial charge in [-0.2, -0.15) is 4.31 Å². The van der Waals surface area contributed by atoms with Crippen molar-refractivity contribution in [1.82, 2.24) is 4.31 Å². The summed E-state index contributed by atoms with van der Waals surface area (Å²) < 4.78 is 46.6. The number of halogens is 1. The van der Waals surface area contributed by atoms with Crippen LogP contribution in [0.3, 0.4) is 0 Å². The number of carbonyl (C=O) groups excluding carboxylic acids is 2. The molecule has 0 saturated heterocycles. The van der Waals surface area contributed by atoms with Gasteiger partial charge in [0.25, 0.3) is 5.78 Å². The first-order chi connectivity index (χ1) is 18.2. The Labute approximate surface area is 225 Å². The molecule has 2 N–H and O–H groups in total. The third kappa shape index (κ3) is 6.32. The first-order valence-electron chi connectivity index (χ1n) is 12.0. The third-order valence-corrected chi connectivity index (χ3v) is 7.96. The van der Waals surface area contributed by atoms with Crippen LogP contribution in [0.25, 0.3) is 11.1 Å². The number of sulfonamides is 1. The van der Waals surface area contributed by atoms with Crippen molar-refractivity contribution in [2.45, 2.75) is 50.3 Å². The van der Waals surface area contributed by atoms with E-state index in [1.54, 1.807) is 63.2 Å². The summed E-state index contributed by atoms with van der Waals surface area (Å²) in [5, 5.41) is 12.0. The average molecular weight is 555 g/mol. The lowest BCUT2D eigenvalue weighted by Gasteiger charge is -2.34. The van der Waals surface area contributed by atoms with Crippen LogP contribution in [-0.4, -0.2) is 47.3 Å². The van der Waals surface area contributed by atoms with Crippen molar-refractivity contribution in [3.8, 4) is 11.1 Å². The Balaban J connectivity index is 1.64. The van der Waals surface area contributed by atoms with E-state index in [-0.39, 0.29) is 17.9 Å². The number of carboxylic acids is 1. The van der Waals surface area contributed by atoms with Gasteiger partial charge in [0.15, 0.2) is 0 Å².